The van der Waals surface area contributed by atoms with Crippen LogP contribution in [0.3, 0.4) is 0 Å². The third-order valence-corrected chi connectivity index (χ3v) is 6.68. The topological polar surface area (TPSA) is 96.2 Å². The van der Waals surface area contributed by atoms with Gasteiger partial charge < -0.3 is 24.8 Å². The van der Waals surface area contributed by atoms with E-state index in [1.54, 1.807) is 0 Å². The van der Waals surface area contributed by atoms with Crippen molar-refractivity contribution >= 4 is 29.3 Å². The number of carbonyl (C=O) groups is 1. The highest BCUT2D eigenvalue weighted by atomic mass is 35.5. The Kier molecular flexibility index (Phi) is 6.50. The Bertz CT molecular complexity index is 705. The number of thioether (sulfide) groups is 1. The zero-order chi connectivity index (χ0) is 19.6. The highest BCUT2D eigenvalue weighted by Crippen LogP contribution is 2.43. The molecule has 0 radical (unpaired) electrons. The van der Waals surface area contributed by atoms with Crippen LogP contribution in [0.2, 0.25) is 5.02 Å². The van der Waals surface area contributed by atoms with Crippen LogP contribution in [0.1, 0.15) is 24.0 Å². The van der Waals surface area contributed by atoms with Gasteiger partial charge in [-0.3, -0.25) is 0 Å². The van der Waals surface area contributed by atoms with E-state index in [1.807, 2.05) is 25.1 Å². The van der Waals surface area contributed by atoms with E-state index in [0.717, 1.165) is 11.1 Å². The van der Waals surface area contributed by atoms with Crippen molar-refractivity contribution in [3.8, 4) is 0 Å². The maximum atomic E-state index is 11.8. The van der Waals surface area contributed by atoms with Gasteiger partial charge in [-0.2, -0.15) is 0 Å². The van der Waals surface area contributed by atoms with E-state index in [9.17, 15) is 20.1 Å². The normalized spacial score (nSPS) is 27.0. The van der Waals surface area contributed by atoms with Crippen molar-refractivity contribution in [3.05, 3.63) is 46.0 Å². The first-order valence-electron chi connectivity index (χ1n) is 8.78. The van der Waals surface area contributed by atoms with Gasteiger partial charge >= 0.3 is 5.97 Å². The molecule has 0 saturated carbocycles. The molecule has 3 N–H and O–H groups in total. The second kappa shape index (κ2) is 8.51. The summed E-state index contributed by atoms with van der Waals surface area (Å²) in [5.41, 5.74) is 2.29. The average Bonchev–Trinajstić information content (AvgIpc) is 2.99. The maximum Gasteiger partial charge on any atom is 0.332 e. The van der Waals surface area contributed by atoms with Gasteiger partial charge in [-0.25, -0.2) is 4.79 Å². The standard InChI is InChI=1S/C19H23ClO6S/c1-11-3-2-4-14(20)13(11)10-27-17-5-6-19(7-12(17)18(23)24)25-15(8-21)16(9-22)26-19/h2-4,7,15-17,21-22H,5-6,8-10H2,1H3,(H,23,24)/t15-,16-,17?/m0/s1. The first kappa shape index (κ1) is 20.6. The van der Waals surface area contributed by atoms with Crippen LogP contribution in [0.25, 0.3) is 0 Å². The van der Waals surface area contributed by atoms with Gasteiger partial charge in [0.15, 0.2) is 5.79 Å². The molecular formula is C19H23ClO6S. The first-order chi connectivity index (χ1) is 12.9. The molecule has 1 aromatic rings. The maximum absolute atomic E-state index is 11.8. The van der Waals surface area contributed by atoms with E-state index in [2.05, 4.69) is 0 Å². The number of hydrogen-bond donors (Lipinski definition) is 3. The van der Waals surface area contributed by atoms with E-state index >= 15 is 0 Å². The lowest BCUT2D eigenvalue weighted by molar-refractivity contribution is -0.153. The summed E-state index contributed by atoms with van der Waals surface area (Å²) in [5.74, 6) is -1.62. The van der Waals surface area contributed by atoms with E-state index in [0.29, 0.717) is 23.6 Å². The van der Waals surface area contributed by atoms with Crippen molar-refractivity contribution in [2.24, 2.45) is 0 Å². The van der Waals surface area contributed by atoms with Crippen LogP contribution >= 0.6 is 23.4 Å². The highest BCUT2D eigenvalue weighted by molar-refractivity contribution is 7.99. The lowest BCUT2D eigenvalue weighted by Gasteiger charge is -2.33. The monoisotopic (exact) mass is 414 g/mol. The summed E-state index contributed by atoms with van der Waals surface area (Å²) in [6, 6.07) is 5.71. The van der Waals surface area contributed by atoms with E-state index in [-0.39, 0.29) is 24.0 Å². The van der Waals surface area contributed by atoms with Crippen molar-refractivity contribution in [2.75, 3.05) is 13.2 Å². The Morgan fingerprint density at radius 1 is 1.30 bits per heavy atom. The molecule has 148 valence electrons. The molecule has 1 fully saturated rings. The van der Waals surface area contributed by atoms with Crippen LogP contribution in [0.15, 0.2) is 29.8 Å². The third-order valence-electron chi connectivity index (χ3n) is 4.98. The predicted octanol–water partition coefficient (Wildman–Crippen LogP) is 2.52. The quantitative estimate of drug-likeness (QED) is 0.658. The molecule has 3 rings (SSSR count). The Labute approximate surface area is 167 Å². The predicted molar refractivity (Wildman–Crippen MR) is 103 cm³/mol. The molecule has 6 nitrogen and oxygen atoms in total. The average molecular weight is 415 g/mol. The van der Waals surface area contributed by atoms with Crippen LogP contribution in [0, 0.1) is 6.92 Å². The fourth-order valence-electron chi connectivity index (χ4n) is 3.48. The number of aliphatic hydroxyl groups is 2. The molecule has 1 spiro atoms. The number of benzene rings is 1. The minimum absolute atomic E-state index is 0.214. The Morgan fingerprint density at radius 3 is 2.52 bits per heavy atom. The van der Waals surface area contributed by atoms with Gasteiger partial charge in [-0.05, 0) is 36.6 Å². The van der Waals surface area contributed by atoms with E-state index in [4.69, 9.17) is 21.1 Å². The first-order valence-corrected chi connectivity index (χ1v) is 10.2. The molecule has 1 aliphatic heterocycles. The molecular weight excluding hydrogens is 392 g/mol. The summed E-state index contributed by atoms with van der Waals surface area (Å²) in [7, 11) is 0. The lowest BCUT2D eigenvalue weighted by atomic mass is 9.94. The molecule has 1 unspecified atom stereocenters. The summed E-state index contributed by atoms with van der Waals surface area (Å²) in [5, 5.41) is 28.9. The lowest BCUT2D eigenvalue weighted by Crippen LogP contribution is -2.37. The second-order valence-electron chi connectivity index (χ2n) is 6.77. The molecule has 3 atom stereocenters. The summed E-state index contributed by atoms with van der Waals surface area (Å²) < 4.78 is 11.5. The summed E-state index contributed by atoms with van der Waals surface area (Å²) in [6.07, 6.45) is 1.15. The third kappa shape index (κ3) is 4.34. The van der Waals surface area contributed by atoms with Crippen molar-refractivity contribution in [1.82, 2.24) is 0 Å². The van der Waals surface area contributed by atoms with Crippen LogP contribution in [-0.2, 0) is 20.0 Å². The van der Waals surface area contributed by atoms with Gasteiger partial charge in [0.2, 0.25) is 0 Å². The molecule has 1 heterocycles. The van der Waals surface area contributed by atoms with Gasteiger partial charge in [-0.15, -0.1) is 11.8 Å². The number of halogens is 1. The molecule has 0 aromatic heterocycles. The summed E-state index contributed by atoms with van der Waals surface area (Å²) in [4.78, 5) is 11.8. The number of aliphatic hydroxyl groups excluding tert-OH is 2. The molecule has 1 aromatic carbocycles. The zero-order valence-corrected chi connectivity index (χ0v) is 16.5. The number of hydrogen-bond acceptors (Lipinski definition) is 6. The fraction of sp³-hybridized carbons (Fsp3) is 0.526. The van der Waals surface area contributed by atoms with E-state index in [1.165, 1.54) is 17.8 Å². The van der Waals surface area contributed by atoms with Crippen LogP contribution in [0.5, 0.6) is 0 Å². The Balaban J connectivity index is 1.78. The van der Waals surface area contributed by atoms with E-state index < -0.39 is 24.0 Å². The number of carboxylic acids is 1. The Morgan fingerprint density at radius 2 is 1.96 bits per heavy atom. The molecule has 8 heteroatoms. The minimum atomic E-state index is -1.20. The molecule has 1 aliphatic carbocycles. The molecule has 0 bridgehead atoms. The largest absolute Gasteiger partial charge is 0.478 e. The number of carboxylic acid groups (broad SMARTS) is 1. The smallest absolute Gasteiger partial charge is 0.332 e. The van der Waals surface area contributed by atoms with Gasteiger partial charge in [0.1, 0.15) is 12.2 Å². The van der Waals surface area contributed by atoms with Gasteiger partial charge in [0.05, 0.1) is 18.8 Å². The van der Waals surface area contributed by atoms with Gasteiger partial charge in [0, 0.05) is 22.4 Å². The highest BCUT2D eigenvalue weighted by Gasteiger charge is 2.49. The number of rotatable bonds is 6. The Hall–Kier alpha value is -1.09. The van der Waals surface area contributed by atoms with Crippen LogP contribution in [-0.4, -0.2) is 57.7 Å². The molecule has 0 amide bonds. The number of aliphatic carboxylic acids is 1. The molecule has 2 aliphatic rings. The zero-order valence-electron chi connectivity index (χ0n) is 14.9. The number of aryl methyl sites for hydroxylation is 1. The van der Waals surface area contributed by atoms with Gasteiger partial charge in [-0.1, -0.05) is 23.7 Å². The minimum Gasteiger partial charge on any atom is -0.478 e. The van der Waals surface area contributed by atoms with Crippen molar-refractivity contribution in [2.45, 2.75) is 48.8 Å². The van der Waals surface area contributed by atoms with Crippen molar-refractivity contribution < 1.29 is 29.6 Å². The molecule has 1 saturated heterocycles. The summed E-state index contributed by atoms with van der Waals surface area (Å²) >= 11 is 7.80. The van der Waals surface area contributed by atoms with Crippen LogP contribution < -0.4 is 0 Å². The fourth-order valence-corrected chi connectivity index (χ4v) is 5.23. The summed E-state index contributed by atoms with van der Waals surface area (Å²) in [6.45, 7) is 1.39. The van der Waals surface area contributed by atoms with Gasteiger partial charge in [0.25, 0.3) is 0 Å². The van der Waals surface area contributed by atoms with Crippen LogP contribution in [0.4, 0.5) is 0 Å². The van der Waals surface area contributed by atoms with Crippen molar-refractivity contribution in [1.29, 1.82) is 0 Å². The number of ether oxygens (including phenoxy) is 2. The SMILES string of the molecule is Cc1cccc(Cl)c1CSC1CCC2(C=C1C(=O)O)O[C@@H](CO)[C@H](CO)O2. The van der Waals surface area contributed by atoms with Crippen molar-refractivity contribution in [3.63, 3.8) is 0 Å². The molecule has 27 heavy (non-hydrogen) atoms. The second-order valence-corrected chi connectivity index (χ2v) is 8.37.